The molecule has 0 amide bonds. The number of rotatable bonds is 5. The fourth-order valence-electron chi connectivity index (χ4n) is 2.08. The van der Waals surface area contributed by atoms with Crippen LogP contribution in [0.2, 0.25) is 0 Å². The third kappa shape index (κ3) is 3.28. The Morgan fingerprint density at radius 3 is 2.78 bits per heavy atom. The van der Waals surface area contributed by atoms with E-state index in [0.29, 0.717) is 6.42 Å². The molecule has 0 saturated carbocycles. The average molecular weight is 244 g/mol. The van der Waals surface area contributed by atoms with Gasteiger partial charge in [-0.1, -0.05) is 24.3 Å². The molecule has 96 valence electrons. The fraction of sp³-hybridized carbons (Fsp3) is 0.400. The van der Waals surface area contributed by atoms with Crippen LogP contribution in [-0.2, 0) is 6.42 Å². The Bertz CT molecular complexity index is 523. The second-order valence-electron chi connectivity index (χ2n) is 5.02. The van der Waals surface area contributed by atoms with Crippen molar-refractivity contribution >= 4 is 10.9 Å². The lowest BCUT2D eigenvalue weighted by Gasteiger charge is -2.22. The van der Waals surface area contributed by atoms with Gasteiger partial charge in [-0.15, -0.1) is 0 Å². The van der Waals surface area contributed by atoms with Gasteiger partial charge >= 0.3 is 0 Å². The molecular weight excluding hydrogens is 224 g/mol. The first kappa shape index (κ1) is 13.0. The number of nitrogens with zero attached hydrogens (tertiary/aromatic N) is 1. The van der Waals surface area contributed by atoms with Crippen molar-refractivity contribution in [3.05, 3.63) is 42.1 Å². The SMILES string of the molecule is CNCCC(C)(O)Cc1ccc2ccccc2n1. The van der Waals surface area contributed by atoms with Crippen molar-refractivity contribution in [1.82, 2.24) is 10.3 Å². The third-order valence-corrected chi connectivity index (χ3v) is 3.13. The summed E-state index contributed by atoms with van der Waals surface area (Å²) in [5.41, 5.74) is 1.22. The molecule has 0 spiro atoms. The molecule has 0 fully saturated rings. The van der Waals surface area contributed by atoms with Crippen LogP contribution in [0.1, 0.15) is 19.0 Å². The molecule has 1 unspecified atom stereocenters. The van der Waals surface area contributed by atoms with Crippen LogP contribution >= 0.6 is 0 Å². The lowest BCUT2D eigenvalue weighted by molar-refractivity contribution is 0.0512. The van der Waals surface area contributed by atoms with Gasteiger partial charge in [-0.3, -0.25) is 4.98 Å². The second-order valence-corrected chi connectivity index (χ2v) is 5.02. The summed E-state index contributed by atoms with van der Waals surface area (Å²) in [6.45, 7) is 2.67. The smallest absolute Gasteiger partial charge is 0.0705 e. The van der Waals surface area contributed by atoms with Gasteiger partial charge in [-0.25, -0.2) is 0 Å². The molecule has 2 aromatic rings. The summed E-state index contributed by atoms with van der Waals surface area (Å²) >= 11 is 0. The predicted octanol–water partition coefficient (Wildman–Crippen LogP) is 2.14. The van der Waals surface area contributed by atoms with E-state index in [1.807, 2.05) is 44.3 Å². The maximum atomic E-state index is 10.3. The van der Waals surface area contributed by atoms with Gasteiger partial charge in [0.2, 0.25) is 0 Å². The maximum Gasteiger partial charge on any atom is 0.0705 e. The van der Waals surface area contributed by atoms with E-state index in [-0.39, 0.29) is 0 Å². The van der Waals surface area contributed by atoms with Gasteiger partial charge in [-0.05, 0) is 39.1 Å². The van der Waals surface area contributed by atoms with Crippen LogP contribution in [-0.4, -0.2) is 29.3 Å². The van der Waals surface area contributed by atoms with Gasteiger partial charge in [0.15, 0.2) is 0 Å². The van der Waals surface area contributed by atoms with Crippen molar-refractivity contribution in [3.63, 3.8) is 0 Å². The van der Waals surface area contributed by atoms with Gasteiger partial charge in [0, 0.05) is 17.5 Å². The van der Waals surface area contributed by atoms with Crippen molar-refractivity contribution in [2.24, 2.45) is 0 Å². The highest BCUT2D eigenvalue weighted by Crippen LogP contribution is 2.18. The number of nitrogens with one attached hydrogen (secondary N) is 1. The summed E-state index contributed by atoms with van der Waals surface area (Å²) in [6, 6.07) is 12.1. The largest absolute Gasteiger partial charge is 0.390 e. The Morgan fingerprint density at radius 1 is 1.22 bits per heavy atom. The van der Waals surface area contributed by atoms with E-state index in [4.69, 9.17) is 0 Å². The molecule has 1 heterocycles. The fourth-order valence-corrected chi connectivity index (χ4v) is 2.08. The lowest BCUT2D eigenvalue weighted by atomic mass is 9.95. The Hall–Kier alpha value is -1.45. The van der Waals surface area contributed by atoms with Gasteiger partial charge in [0.1, 0.15) is 0 Å². The maximum absolute atomic E-state index is 10.3. The van der Waals surface area contributed by atoms with E-state index < -0.39 is 5.60 Å². The van der Waals surface area contributed by atoms with Crippen molar-refractivity contribution in [2.75, 3.05) is 13.6 Å². The van der Waals surface area contributed by atoms with Crippen LogP contribution in [0.4, 0.5) is 0 Å². The molecule has 0 saturated heterocycles. The molecule has 1 aromatic heterocycles. The first-order valence-corrected chi connectivity index (χ1v) is 6.32. The monoisotopic (exact) mass is 244 g/mol. The molecule has 2 N–H and O–H groups in total. The van der Waals surface area contributed by atoms with Crippen LogP contribution in [0.3, 0.4) is 0 Å². The van der Waals surface area contributed by atoms with E-state index >= 15 is 0 Å². The molecule has 0 aliphatic rings. The number of aliphatic hydroxyl groups is 1. The zero-order valence-electron chi connectivity index (χ0n) is 11.0. The third-order valence-electron chi connectivity index (χ3n) is 3.13. The van der Waals surface area contributed by atoms with Gasteiger partial charge < -0.3 is 10.4 Å². The minimum Gasteiger partial charge on any atom is -0.390 e. The van der Waals surface area contributed by atoms with Crippen LogP contribution < -0.4 is 5.32 Å². The van der Waals surface area contributed by atoms with Crippen LogP contribution in [0.5, 0.6) is 0 Å². The van der Waals surface area contributed by atoms with E-state index in [2.05, 4.69) is 16.4 Å². The minimum absolute atomic E-state index is 0.583. The number of hydrogen-bond acceptors (Lipinski definition) is 3. The number of hydrogen-bond donors (Lipinski definition) is 2. The highest BCUT2D eigenvalue weighted by Gasteiger charge is 2.20. The first-order valence-electron chi connectivity index (χ1n) is 6.32. The van der Waals surface area contributed by atoms with Gasteiger partial charge in [0.25, 0.3) is 0 Å². The molecule has 3 heteroatoms. The van der Waals surface area contributed by atoms with Crippen molar-refractivity contribution in [1.29, 1.82) is 0 Å². The van der Waals surface area contributed by atoms with E-state index in [0.717, 1.165) is 29.6 Å². The van der Waals surface area contributed by atoms with E-state index in [1.165, 1.54) is 0 Å². The van der Waals surface area contributed by atoms with E-state index in [9.17, 15) is 5.11 Å². The number of aromatic nitrogens is 1. The van der Waals surface area contributed by atoms with Crippen molar-refractivity contribution in [3.8, 4) is 0 Å². The Kier molecular flexibility index (Phi) is 3.94. The summed E-state index contributed by atoms with van der Waals surface area (Å²) in [5, 5.41) is 14.5. The predicted molar refractivity (Wildman–Crippen MR) is 74.6 cm³/mol. The molecule has 3 nitrogen and oxygen atoms in total. The summed E-state index contributed by atoms with van der Waals surface area (Å²) < 4.78 is 0. The van der Waals surface area contributed by atoms with E-state index in [1.54, 1.807) is 0 Å². The van der Waals surface area contributed by atoms with Crippen molar-refractivity contribution < 1.29 is 5.11 Å². The van der Waals surface area contributed by atoms with Crippen LogP contribution in [0.15, 0.2) is 36.4 Å². The summed E-state index contributed by atoms with van der Waals surface area (Å²) in [4.78, 5) is 4.59. The zero-order chi connectivity index (χ0) is 13.0. The quantitative estimate of drug-likeness (QED) is 0.847. The van der Waals surface area contributed by atoms with Crippen molar-refractivity contribution in [2.45, 2.75) is 25.4 Å². The number of pyridine rings is 1. The molecule has 18 heavy (non-hydrogen) atoms. The summed E-state index contributed by atoms with van der Waals surface area (Å²) in [6.07, 6.45) is 1.30. The molecular formula is C15H20N2O. The molecule has 2 rings (SSSR count). The topological polar surface area (TPSA) is 45.1 Å². The molecule has 0 aliphatic carbocycles. The Balaban J connectivity index is 2.16. The number of fused-ring (bicyclic) bond motifs is 1. The molecule has 0 aliphatic heterocycles. The molecule has 0 radical (unpaired) electrons. The highest BCUT2D eigenvalue weighted by molar-refractivity contribution is 5.78. The van der Waals surface area contributed by atoms with Crippen LogP contribution in [0, 0.1) is 0 Å². The standard InChI is InChI=1S/C15H20N2O/c1-15(18,9-10-16-2)11-13-8-7-12-5-3-4-6-14(12)17-13/h3-8,16,18H,9-11H2,1-2H3. The van der Waals surface area contributed by atoms with Gasteiger partial charge in [0.05, 0.1) is 11.1 Å². The summed E-state index contributed by atoms with van der Waals surface area (Å²) in [7, 11) is 1.89. The minimum atomic E-state index is -0.710. The average Bonchev–Trinajstić information content (AvgIpc) is 2.36. The number of benzene rings is 1. The molecule has 1 aromatic carbocycles. The Labute approximate surface area is 108 Å². The number of para-hydroxylation sites is 1. The van der Waals surface area contributed by atoms with Crippen LogP contribution in [0.25, 0.3) is 10.9 Å². The van der Waals surface area contributed by atoms with Gasteiger partial charge in [-0.2, -0.15) is 0 Å². The Morgan fingerprint density at radius 2 is 2.00 bits per heavy atom. The molecule has 1 atom stereocenters. The normalized spacial score (nSPS) is 14.6. The zero-order valence-corrected chi connectivity index (χ0v) is 11.0. The highest BCUT2D eigenvalue weighted by atomic mass is 16.3. The molecule has 0 bridgehead atoms. The second kappa shape index (κ2) is 5.46. The summed E-state index contributed by atoms with van der Waals surface area (Å²) in [5.74, 6) is 0. The first-order chi connectivity index (χ1) is 8.61. The lowest BCUT2D eigenvalue weighted by Crippen LogP contribution is -2.31.